The largest absolute Gasteiger partial charge is 0.378 e. The van der Waals surface area contributed by atoms with Crippen LogP contribution in [0.4, 0.5) is 5.69 Å². The lowest BCUT2D eigenvalue weighted by molar-refractivity contribution is 0.0752. The van der Waals surface area contributed by atoms with Crippen LogP contribution in [0.1, 0.15) is 36.7 Å². The fourth-order valence-corrected chi connectivity index (χ4v) is 4.21. The third-order valence-corrected chi connectivity index (χ3v) is 7.05. The first-order valence-electron chi connectivity index (χ1n) is 9.71. The summed E-state index contributed by atoms with van der Waals surface area (Å²) in [5.41, 5.74) is 2.62. The number of carbonyl (C=O) groups is 1. The first-order valence-corrected chi connectivity index (χ1v) is 11.2. The number of amides is 1. The molecule has 7 heteroatoms. The molecule has 0 bridgehead atoms. The highest BCUT2D eigenvalue weighted by molar-refractivity contribution is 7.89. The summed E-state index contributed by atoms with van der Waals surface area (Å²) in [5, 5.41) is 0. The molecule has 2 aromatic rings. The minimum atomic E-state index is -3.56. The quantitative estimate of drug-likeness (QED) is 0.660. The topological polar surface area (TPSA) is 60.9 Å². The van der Waals surface area contributed by atoms with Crippen LogP contribution in [-0.2, 0) is 16.6 Å². The summed E-state index contributed by atoms with van der Waals surface area (Å²) in [4.78, 5) is 16.9. The van der Waals surface area contributed by atoms with E-state index in [0.29, 0.717) is 18.7 Å². The first kappa shape index (κ1) is 22.9. The van der Waals surface area contributed by atoms with Gasteiger partial charge in [0.1, 0.15) is 0 Å². The van der Waals surface area contributed by atoms with E-state index in [1.54, 1.807) is 24.1 Å². The van der Waals surface area contributed by atoms with E-state index in [0.717, 1.165) is 11.3 Å². The lowest BCUT2D eigenvalue weighted by atomic mass is 10.1. The zero-order valence-corrected chi connectivity index (χ0v) is 18.9. The molecular formula is C22H31N3O3S. The summed E-state index contributed by atoms with van der Waals surface area (Å²) >= 11 is 0. The van der Waals surface area contributed by atoms with E-state index in [1.807, 2.05) is 64.0 Å². The van der Waals surface area contributed by atoms with Crippen molar-refractivity contribution in [2.24, 2.45) is 0 Å². The molecule has 0 heterocycles. The van der Waals surface area contributed by atoms with Crippen LogP contribution in [0.3, 0.4) is 0 Å². The molecule has 0 unspecified atom stereocenters. The Labute approximate surface area is 174 Å². The van der Waals surface area contributed by atoms with Crippen molar-refractivity contribution in [3.8, 4) is 0 Å². The van der Waals surface area contributed by atoms with Gasteiger partial charge in [0, 0.05) is 51.5 Å². The van der Waals surface area contributed by atoms with Crippen molar-refractivity contribution in [2.45, 2.75) is 38.3 Å². The average molecular weight is 418 g/mol. The van der Waals surface area contributed by atoms with Gasteiger partial charge in [-0.1, -0.05) is 12.1 Å². The minimum Gasteiger partial charge on any atom is -0.378 e. The number of nitrogens with zero attached hydrogens (tertiary/aromatic N) is 3. The summed E-state index contributed by atoms with van der Waals surface area (Å²) < 4.78 is 26.5. The van der Waals surface area contributed by atoms with Gasteiger partial charge in [-0.15, -0.1) is 0 Å². The predicted molar refractivity (Wildman–Crippen MR) is 118 cm³/mol. The summed E-state index contributed by atoms with van der Waals surface area (Å²) in [6, 6.07) is 14.1. The van der Waals surface area contributed by atoms with Crippen LogP contribution in [0, 0.1) is 0 Å². The van der Waals surface area contributed by atoms with E-state index in [4.69, 9.17) is 0 Å². The number of hydrogen-bond acceptors (Lipinski definition) is 4. The lowest BCUT2D eigenvalue weighted by Gasteiger charge is -2.23. The van der Waals surface area contributed by atoms with Gasteiger partial charge in [-0.05, 0) is 62.7 Å². The van der Waals surface area contributed by atoms with Crippen molar-refractivity contribution in [1.29, 1.82) is 0 Å². The molecule has 0 aliphatic carbocycles. The number of hydrogen-bond donors (Lipinski definition) is 0. The normalized spacial score (nSPS) is 11.7. The highest BCUT2D eigenvalue weighted by Crippen LogP contribution is 2.19. The van der Waals surface area contributed by atoms with Gasteiger partial charge in [0.05, 0.1) is 4.90 Å². The van der Waals surface area contributed by atoms with Gasteiger partial charge in [0.25, 0.3) is 5.91 Å². The average Bonchev–Trinajstić information content (AvgIpc) is 2.71. The van der Waals surface area contributed by atoms with Crippen LogP contribution < -0.4 is 4.90 Å². The highest BCUT2D eigenvalue weighted by Gasteiger charge is 2.23. The summed E-state index contributed by atoms with van der Waals surface area (Å²) in [6.07, 6.45) is 0. The lowest BCUT2D eigenvalue weighted by Crippen LogP contribution is -2.33. The minimum absolute atomic E-state index is 0.120. The number of sulfonamides is 1. The fraction of sp³-hybridized carbons (Fsp3) is 0.409. The van der Waals surface area contributed by atoms with Crippen LogP contribution in [0.15, 0.2) is 53.4 Å². The van der Waals surface area contributed by atoms with E-state index in [1.165, 1.54) is 16.4 Å². The van der Waals surface area contributed by atoms with Crippen molar-refractivity contribution in [1.82, 2.24) is 9.21 Å². The maximum atomic E-state index is 12.9. The maximum absolute atomic E-state index is 12.9. The van der Waals surface area contributed by atoms with Gasteiger partial charge in [0.15, 0.2) is 0 Å². The fourth-order valence-electron chi connectivity index (χ4n) is 2.84. The predicted octanol–water partition coefficient (Wildman–Crippen LogP) is 3.44. The molecule has 0 saturated carbocycles. The molecular weight excluding hydrogens is 386 g/mol. The first-order chi connectivity index (χ1) is 13.6. The number of anilines is 1. The van der Waals surface area contributed by atoms with E-state index >= 15 is 0 Å². The van der Waals surface area contributed by atoms with Gasteiger partial charge in [-0.25, -0.2) is 8.42 Å². The van der Waals surface area contributed by atoms with Crippen LogP contribution in [0.2, 0.25) is 0 Å². The van der Waals surface area contributed by atoms with Crippen molar-refractivity contribution in [2.75, 3.05) is 32.6 Å². The molecule has 0 radical (unpaired) electrons. The van der Waals surface area contributed by atoms with E-state index in [-0.39, 0.29) is 16.8 Å². The van der Waals surface area contributed by atoms with E-state index in [9.17, 15) is 13.2 Å². The Morgan fingerprint density at radius 2 is 1.48 bits per heavy atom. The van der Waals surface area contributed by atoms with Crippen LogP contribution in [-0.4, -0.2) is 57.3 Å². The van der Waals surface area contributed by atoms with Crippen molar-refractivity contribution in [3.63, 3.8) is 0 Å². The third-order valence-electron chi connectivity index (χ3n) is 5.00. The van der Waals surface area contributed by atoms with Crippen molar-refractivity contribution in [3.05, 3.63) is 59.7 Å². The Kier molecular flexibility index (Phi) is 7.43. The van der Waals surface area contributed by atoms with Crippen LogP contribution in [0.25, 0.3) is 0 Å². The molecule has 2 aromatic carbocycles. The number of carbonyl (C=O) groups excluding carboxylic acids is 1. The zero-order chi connectivity index (χ0) is 21.8. The summed E-state index contributed by atoms with van der Waals surface area (Å²) in [5.74, 6) is -0.120. The molecule has 0 aromatic heterocycles. The molecule has 6 nitrogen and oxygen atoms in total. The SMILES string of the molecule is CCN(Cc1ccc(N(C)C)cc1)C(=O)c1ccc(S(=O)(=O)N(C)C(C)C)cc1. The van der Waals surface area contributed by atoms with Gasteiger partial charge in [0.2, 0.25) is 10.0 Å². The van der Waals surface area contributed by atoms with Crippen LogP contribution in [0.5, 0.6) is 0 Å². The van der Waals surface area contributed by atoms with Crippen molar-refractivity contribution < 1.29 is 13.2 Å². The second-order valence-corrected chi connectivity index (χ2v) is 9.52. The smallest absolute Gasteiger partial charge is 0.254 e. The Balaban J connectivity index is 2.17. The molecule has 0 aliphatic heterocycles. The summed E-state index contributed by atoms with van der Waals surface area (Å²) in [6.45, 7) is 6.63. The van der Waals surface area contributed by atoms with Gasteiger partial charge >= 0.3 is 0 Å². The molecule has 2 rings (SSSR count). The Morgan fingerprint density at radius 1 is 0.931 bits per heavy atom. The standard InChI is InChI=1S/C22H31N3O3S/c1-7-25(16-18-8-12-20(13-9-18)23(4)5)22(26)19-10-14-21(15-11-19)29(27,28)24(6)17(2)3/h8-15,17H,7,16H2,1-6H3. The molecule has 0 atom stereocenters. The van der Waals surface area contributed by atoms with E-state index < -0.39 is 10.0 Å². The molecule has 29 heavy (non-hydrogen) atoms. The second-order valence-electron chi connectivity index (χ2n) is 7.52. The molecule has 0 fully saturated rings. The van der Waals surface area contributed by atoms with Gasteiger partial charge in [-0.3, -0.25) is 4.79 Å². The number of rotatable bonds is 8. The molecule has 0 aliphatic rings. The zero-order valence-electron chi connectivity index (χ0n) is 18.1. The maximum Gasteiger partial charge on any atom is 0.254 e. The third kappa shape index (κ3) is 5.36. The van der Waals surface area contributed by atoms with Gasteiger partial charge < -0.3 is 9.80 Å². The van der Waals surface area contributed by atoms with Crippen LogP contribution >= 0.6 is 0 Å². The molecule has 0 saturated heterocycles. The Morgan fingerprint density at radius 3 is 1.93 bits per heavy atom. The molecule has 0 spiro atoms. The highest BCUT2D eigenvalue weighted by atomic mass is 32.2. The molecule has 0 N–H and O–H groups in total. The Hall–Kier alpha value is -2.38. The van der Waals surface area contributed by atoms with E-state index in [2.05, 4.69) is 0 Å². The second kappa shape index (κ2) is 9.41. The van der Waals surface area contributed by atoms with Crippen molar-refractivity contribution >= 4 is 21.6 Å². The summed E-state index contributed by atoms with van der Waals surface area (Å²) in [7, 11) is 1.96. The molecule has 158 valence electrons. The van der Waals surface area contributed by atoms with Gasteiger partial charge in [-0.2, -0.15) is 4.31 Å². The number of benzene rings is 2. The Bertz CT molecular complexity index is 921. The monoisotopic (exact) mass is 417 g/mol. The molecule has 1 amide bonds.